The van der Waals surface area contributed by atoms with E-state index in [1.54, 1.807) is 6.07 Å². The van der Waals surface area contributed by atoms with E-state index in [4.69, 9.17) is 11.6 Å². The molecular formula is C18H15ClO2. The van der Waals surface area contributed by atoms with Crippen LogP contribution in [0.4, 0.5) is 0 Å². The van der Waals surface area contributed by atoms with Gasteiger partial charge in [0.25, 0.3) is 0 Å². The van der Waals surface area contributed by atoms with Crippen molar-refractivity contribution in [1.82, 2.24) is 0 Å². The molecule has 3 heteroatoms. The Labute approximate surface area is 129 Å². The topological polar surface area (TPSA) is 37.3 Å². The van der Waals surface area contributed by atoms with Crippen LogP contribution in [0.25, 0.3) is 0 Å². The lowest BCUT2D eigenvalue weighted by Gasteiger charge is -2.10. The second-order valence-electron chi connectivity index (χ2n) is 4.70. The van der Waals surface area contributed by atoms with E-state index in [1.807, 2.05) is 48.5 Å². The molecule has 0 saturated heterocycles. The highest BCUT2D eigenvalue weighted by atomic mass is 35.5. The van der Waals surface area contributed by atoms with Crippen molar-refractivity contribution in [3.05, 3.63) is 70.7 Å². The number of aliphatic carboxylic acids is 1. The van der Waals surface area contributed by atoms with E-state index in [-0.39, 0.29) is 0 Å². The van der Waals surface area contributed by atoms with Gasteiger partial charge in [-0.1, -0.05) is 59.8 Å². The second kappa shape index (κ2) is 7.52. The molecule has 1 unspecified atom stereocenters. The highest BCUT2D eigenvalue weighted by molar-refractivity contribution is 6.31. The van der Waals surface area contributed by atoms with Gasteiger partial charge < -0.3 is 5.11 Å². The molecule has 0 radical (unpaired) electrons. The van der Waals surface area contributed by atoms with Crippen LogP contribution in [-0.2, 0) is 11.2 Å². The number of carboxylic acid groups (broad SMARTS) is 1. The summed E-state index contributed by atoms with van der Waals surface area (Å²) in [4.78, 5) is 11.3. The molecule has 0 fully saturated rings. The lowest BCUT2D eigenvalue weighted by atomic mass is 9.96. The summed E-state index contributed by atoms with van der Waals surface area (Å²) in [6, 6.07) is 16.8. The molecule has 2 aromatic carbocycles. The molecule has 1 atom stereocenters. The first-order chi connectivity index (χ1) is 10.2. The lowest BCUT2D eigenvalue weighted by Crippen LogP contribution is -2.16. The summed E-state index contributed by atoms with van der Waals surface area (Å²) in [5.41, 5.74) is 1.73. The zero-order valence-electron chi connectivity index (χ0n) is 11.4. The van der Waals surface area contributed by atoms with Crippen molar-refractivity contribution in [2.45, 2.75) is 12.8 Å². The average molecular weight is 299 g/mol. The van der Waals surface area contributed by atoms with Gasteiger partial charge in [0.2, 0.25) is 0 Å². The van der Waals surface area contributed by atoms with Crippen molar-refractivity contribution in [3.63, 3.8) is 0 Å². The van der Waals surface area contributed by atoms with E-state index < -0.39 is 11.9 Å². The van der Waals surface area contributed by atoms with E-state index in [0.29, 0.717) is 17.9 Å². The molecule has 0 bridgehead atoms. The van der Waals surface area contributed by atoms with Crippen LogP contribution in [0.15, 0.2) is 54.6 Å². The number of carbonyl (C=O) groups is 1. The van der Waals surface area contributed by atoms with Crippen molar-refractivity contribution >= 4 is 17.6 Å². The third kappa shape index (κ3) is 4.66. The first-order valence-corrected chi connectivity index (χ1v) is 7.04. The molecule has 0 aliphatic carbocycles. The van der Waals surface area contributed by atoms with Crippen molar-refractivity contribution in [2.24, 2.45) is 5.92 Å². The smallest absolute Gasteiger partial charge is 0.307 e. The van der Waals surface area contributed by atoms with Crippen LogP contribution in [0.3, 0.4) is 0 Å². The highest BCUT2D eigenvalue weighted by Crippen LogP contribution is 2.20. The van der Waals surface area contributed by atoms with Gasteiger partial charge >= 0.3 is 5.97 Å². The molecule has 2 rings (SSSR count). The Kier molecular flexibility index (Phi) is 5.43. The Morgan fingerprint density at radius 2 is 1.76 bits per heavy atom. The molecule has 0 amide bonds. The van der Waals surface area contributed by atoms with Crippen molar-refractivity contribution < 1.29 is 9.90 Å². The fourth-order valence-electron chi connectivity index (χ4n) is 1.97. The van der Waals surface area contributed by atoms with Crippen LogP contribution >= 0.6 is 11.6 Å². The maximum absolute atomic E-state index is 11.3. The van der Waals surface area contributed by atoms with E-state index in [2.05, 4.69) is 11.8 Å². The molecule has 1 N–H and O–H groups in total. The van der Waals surface area contributed by atoms with Gasteiger partial charge in [-0.3, -0.25) is 4.79 Å². The van der Waals surface area contributed by atoms with Gasteiger partial charge in [-0.2, -0.15) is 0 Å². The van der Waals surface area contributed by atoms with E-state index in [9.17, 15) is 9.90 Å². The molecule has 0 saturated carbocycles. The molecule has 0 aromatic heterocycles. The SMILES string of the molecule is O=C(O)C(CC#Cc1ccccc1)Cc1ccccc1Cl. The van der Waals surface area contributed by atoms with Crippen LogP contribution in [0, 0.1) is 17.8 Å². The lowest BCUT2D eigenvalue weighted by molar-refractivity contribution is -0.141. The summed E-state index contributed by atoms with van der Waals surface area (Å²) in [6.45, 7) is 0. The fourth-order valence-corrected chi connectivity index (χ4v) is 2.19. The Morgan fingerprint density at radius 1 is 1.10 bits per heavy atom. The van der Waals surface area contributed by atoms with Crippen LogP contribution in [-0.4, -0.2) is 11.1 Å². The third-order valence-electron chi connectivity index (χ3n) is 3.13. The largest absolute Gasteiger partial charge is 0.481 e. The fraction of sp³-hybridized carbons (Fsp3) is 0.167. The molecule has 0 heterocycles. The monoisotopic (exact) mass is 298 g/mol. The summed E-state index contributed by atoms with van der Waals surface area (Å²) in [7, 11) is 0. The maximum Gasteiger partial charge on any atom is 0.307 e. The molecule has 0 aliphatic rings. The van der Waals surface area contributed by atoms with Gasteiger partial charge in [0.1, 0.15) is 0 Å². The van der Waals surface area contributed by atoms with E-state index >= 15 is 0 Å². The quantitative estimate of drug-likeness (QED) is 0.866. The standard InChI is InChI=1S/C18H15ClO2/c19-17-12-5-4-10-15(17)13-16(18(20)21)11-6-9-14-7-2-1-3-8-14/h1-5,7-8,10,12,16H,11,13H2,(H,20,21). The normalized spacial score (nSPS) is 11.3. The summed E-state index contributed by atoms with van der Waals surface area (Å²) in [5, 5.41) is 9.91. The summed E-state index contributed by atoms with van der Waals surface area (Å²) >= 11 is 6.07. The van der Waals surface area contributed by atoms with Gasteiger partial charge in [0.05, 0.1) is 5.92 Å². The Balaban J connectivity index is 2.06. The Hall–Kier alpha value is -2.24. The van der Waals surface area contributed by atoms with E-state index in [1.165, 1.54) is 0 Å². The summed E-state index contributed by atoms with van der Waals surface area (Å²) < 4.78 is 0. The predicted octanol–water partition coefficient (Wildman–Crippen LogP) is 4.03. The maximum atomic E-state index is 11.3. The summed E-state index contributed by atoms with van der Waals surface area (Å²) in [5.74, 6) is 4.53. The minimum atomic E-state index is -0.850. The van der Waals surface area contributed by atoms with Gasteiger partial charge in [-0.25, -0.2) is 0 Å². The van der Waals surface area contributed by atoms with Crippen LogP contribution in [0.5, 0.6) is 0 Å². The Morgan fingerprint density at radius 3 is 2.43 bits per heavy atom. The number of hydrogen-bond acceptors (Lipinski definition) is 1. The second-order valence-corrected chi connectivity index (χ2v) is 5.11. The first-order valence-electron chi connectivity index (χ1n) is 6.67. The molecule has 0 spiro atoms. The summed E-state index contributed by atoms with van der Waals surface area (Å²) in [6.07, 6.45) is 0.688. The number of benzene rings is 2. The minimum absolute atomic E-state index is 0.301. The molecule has 2 nitrogen and oxygen atoms in total. The first kappa shape index (κ1) is 15.2. The Bertz CT molecular complexity index is 668. The van der Waals surface area contributed by atoms with Crippen molar-refractivity contribution in [3.8, 4) is 11.8 Å². The third-order valence-corrected chi connectivity index (χ3v) is 3.50. The van der Waals surface area contributed by atoms with Crippen molar-refractivity contribution in [1.29, 1.82) is 0 Å². The highest BCUT2D eigenvalue weighted by Gasteiger charge is 2.18. The number of hydrogen-bond donors (Lipinski definition) is 1. The molecule has 106 valence electrons. The minimum Gasteiger partial charge on any atom is -0.481 e. The number of carboxylic acids is 1. The molecular weight excluding hydrogens is 284 g/mol. The van der Waals surface area contributed by atoms with Gasteiger partial charge in [-0.15, -0.1) is 0 Å². The average Bonchev–Trinajstić information content (AvgIpc) is 2.49. The van der Waals surface area contributed by atoms with Crippen molar-refractivity contribution in [2.75, 3.05) is 0 Å². The number of rotatable bonds is 4. The predicted molar refractivity (Wildman–Crippen MR) is 84.2 cm³/mol. The molecule has 0 aliphatic heterocycles. The van der Waals surface area contributed by atoms with Crippen LogP contribution in [0.2, 0.25) is 5.02 Å². The number of halogens is 1. The van der Waals surface area contributed by atoms with Gasteiger partial charge in [-0.05, 0) is 30.2 Å². The van der Waals surface area contributed by atoms with Gasteiger partial charge in [0.15, 0.2) is 0 Å². The molecule has 21 heavy (non-hydrogen) atoms. The zero-order valence-corrected chi connectivity index (χ0v) is 12.2. The van der Waals surface area contributed by atoms with Gasteiger partial charge in [0, 0.05) is 17.0 Å². The molecule has 2 aromatic rings. The van der Waals surface area contributed by atoms with E-state index in [0.717, 1.165) is 11.1 Å². The zero-order chi connectivity index (χ0) is 15.1. The van der Waals surface area contributed by atoms with Crippen LogP contribution in [0.1, 0.15) is 17.5 Å². The van der Waals surface area contributed by atoms with Crippen LogP contribution < -0.4 is 0 Å².